The topological polar surface area (TPSA) is 544 Å². The number of hydrogen-bond donors (Lipinski definition) is 16. The maximum atomic E-state index is 12.5. The van der Waals surface area contributed by atoms with E-state index in [1.165, 1.54) is 19.4 Å². The number of nitrogens with zero attached hydrogens (tertiary/aromatic N) is 9. The summed E-state index contributed by atoms with van der Waals surface area (Å²) in [6.45, 7) is 27.3. The Balaban J connectivity index is 0.000000202. The van der Waals surface area contributed by atoms with E-state index in [1.54, 1.807) is 93.8 Å². The monoisotopic (exact) mass is 1740 g/mol. The number of aryl methyl sites for hydroxylation is 4. The summed E-state index contributed by atoms with van der Waals surface area (Å²) >= 11 is 6.04. The minimum atomic E-state index is -3.35. The number of sulfonamides is 1. The molecule has 0 unspecified atom stereocenters. The summed E-state index contributed by atoms with van der Waals surface area (Å²) in [5.41, 5.74) is 10.3. The molecular weight excluding hydrogens is 1640 g/mol. The average molecular weight is 1740 g/mol. The van der Waals surface area contributed by atoms with E-state index in [-0.39, 0.29) is 89.7 Å². The smallest absolute Gasteiger partial charge is 0.410 e. The number of carbonyl (C=O) groups is 9. The van der Waals surface area contributed by atoms with E-state index in [9.17, 15) is 51.6 Å². The third kappa shape index (κ3) is 32.3. The highest BCUT2D eigenvalue weighted by Crippen LogP contribution is 2.39. The van der Waals surface area contributed by atoms with Gasteiger partial charge in [0.25, 0.3) is 23.6 Å². The van der Waals surface area contributed by atoms with E-state index in [4.69, 9.17) is 25.8 Å². The molecule has 8 aromatic heterocycles. The number of hydrogen-bond acceptors (Lipinski definition) is 22. The Morgan fingerprint density at radius 1 is 0.589 bits per heavy atom. The first kappa shape index (κ1) is 96.8. The average Bonchev–Trinajstić information content (AvgIpc) is 1.62. The molecule has 124 heavy (non-hydrogen) atoms. The SMILES string of the molecule is C=C(C)C(=O)Nc1cc(C(C)(C)C)[nH]n1.CC(=O)Nc1n[nH]c(C(C)(C)C)c1Cl.CCCc1cc(NC(=O)Oc2ccccc2)n[nH]1.COCCOCC(=O)Nc1cc(C)[nH]n1.Cc1cc(NC(=O)CNS(C)(=O)=O)n[nH]1.Cc1ccccc1-c1cc(NC(=O)c2cnc[nH]2)n[nH]1.O=C(Nc1n[nH]c(-c2ccccc2)c1N1C(=O)CCC1=O)c1ccccc1. The summed E-state index contributed by atoms with van der Waals surface area (Å²) in [6, 6.07) is 43.6. The third-order valence-electron chi connectivity index (χ3n) is 16.6. The number of H-pyrrole nitrogens is 8. The van der Waals surface area contributed by atoms with Gasteiger partial charge in [0.2, 0.25) is 33.7 Å². The second-order valence-corrected chi connectivity index (χ2v) is 31.5. The number of carbonyl (C=O) groups excluding carboxylic acids is 9. The zero-order chi connectivity index (χ0) is 90.7. The van der Waals surface area contributed by atoms with Crippen LogP contribution in [0.1, 0.15) is 136 Å². The fourth-order valence-electron chi connectivity index (χ4n) is 10.5. The van der Waals surface area contributed by atoms with Crippen molar-refractivity contribution in [3.63, 3.8) is 0 Å². The lowest BCUT2D eigenvalue weighted by molar-refractivity contribution is -0.122. The minimum absolute atomic E-state index is 0.000792. The first-order chi connectivity index (χ1) is 58.9. The first-order valence-corrected chi connectivity index (χ1v) is 40.7. The Bertz CT molecular complexity index is 5610. The number of rotatable bonds is 24. The summed E-state index contributed by atoms with van der Waals surface area (Å²) in [7, 11) is -1.77. The second-order valence-electron chi connectivity index (χ2n) is 29.3. The molecule has 9 heterocycles. The lowest BCUT2D eigenvalue weighted by atomic mass is 9.92. The maximum Gasteiger partial charge on any atom is 0.418 e. The van der Waals surface area contributed by atoms with E-state index in [0.717, 1.165) is 74.9 Å². The maximum absolute atomic E-state index is 12.5. The van der Waals surface area contributed by atoms with Crippen LogP contribution in [0.3, 0.4) is 0 Å². The van der Waals surface area contributed by atoms with Crippen LogP contribution < -0.4 is 51.6 Å². The number of benzene rings is 4. The second kappa shape index (κ2) is 47.0. The molecule has 0 saturated carbocycles. The molecule has 4 aromatic carbocycles. The van der Waals surface area contributed by atoms with Crippen LogP contribution in [0.2, 0.25) is 5.02 Å². The summed E-state index contributed by atoms with van der Waals surface area (Å²) in [5.74, 6) is 1.05. The van der Waals surface area contributed by atoms with Crippen LogP contribution in [0.15, 0.2) is 170 Å². The van der Waals surface area contributed by atoms with Gasteiger partial charge in [-0.3, -0.25) is 79.4 Å². The number of aromatic amines is 8. The van der Waals surface area contributed by atoms with Crippen LogP contribution in [0, 0.1) is 20.8 Å². The van der Waals surface area contributed by atoms with Crippen molar-refractivity contribution >= 4 is 121 Å². The van der Waals surface area contributed by atoms with E-state index in [2.05, 4.69) is 158 Å². The predicted molar refractivity (Wildman–Crippen MR) is 471 cm³/mol. The molecule has 0 atom stereocenters. The van der Waals surface area contributed by atoms with E-state index >= 15 is 0 Å². The van der Waals surface area contributed by atoms with Crippen LogP contribution in [0.4, 0.5) is 51.2 Å². The molecule has 1 aliphatic heterocycles. The van der Waals surface area contributed by atoms with Crippen molar-refractivity contribution in [2.45, 2.75) is 120 Å². The Labute approximate surface area is 719 Å². The van der Waals surface area contributed by atoms with Crippen molar-refractivity contribution in [3.05, 3.63) is 221 Å². The molecule has 0 bridgehead atoms. The highest BCUT2D eigenvalue weighted by molar-refractivity contribution is 7.88. The van der Waals surface area contributed by atoms with Gasteiger partial charge in [-0.15, -0.1) is 0 Å². The number of imidazole rings is 1. The molecule has 0 aliphatic carbocycles. The van der Waals surface area contributed by atoms with Crippen molar-refractivity contribution in [1.29, 1.82) is 0 Å². The lowest BCUT2D eigenvalue weighted by Gasteiger charge is -2.16. The Morgan fingerprint density at radius 3 is 1.70 bits per heavy atom. The molecule has 0 spiro atoms. The Kier molecular flexibility index (Phi) is 36.7. The van der Waals surface area contributed by atoms with Crippen molar-refractivity contribution < 1.29 is 65.8 Å². The van der Waals surface area contributed by atoms with Gasteiger partial charge in [-0.25, -0.2) is 27.8 Å². The van der Waals surface area contributed by atoms with E-state index in [0.29, 0.717) is 81.4 Å². The molecule has 1 aliphatic rings. The third-order valence-corrected chi connectivity index (χ3v) is 17.6. The number of methoxy groups -OCH3 is 1. The number of ether oxygens (including phenoxy) is 3. The van der Waals surface area contributed by atoms with Crippen LogP contribution in [0.25, 0.3) is 22.5 Å². The van der Waals surface area contributed by atoms with Crippen LogP contribution >= 0.6 is 11.6 Å². The molecule has 16 N–H and O–H groups in total. The van der Waals surface area contributed by atoms with Gasteiger partial charge < -0.3 is 51.1 Å². The molecule has 39 nitrogen and oxygen atoms in total. The zero-order valence-corrected chi connectivity index (χ0v) is 72.5. The zero-order valence-electron chi connectivity index (χ0n) is 70.9. The van der Waals surface area contributed by atoms with Gasteiger partial charge in [-0.2, -0.15) is 35.7 Å². The fourth-order valence-corrected chi connectivity index (χ4v) is 11.3. The molecule has 1 saturated heterocycles. The Morgan fingerprint density at radius 2 is 1.15 bits per heavy atom. The lowest BCUT2D eigenvalue weighted by Crippen LogP contribution is -2.32. The van der Waals surface area contributed by atoms with Crippen molar-refractivity contribution in [2.24, 2.45) is 0 Å². The highest BCUT2D eigenvalue weighted by atomic mass is 35.5. The molecule has 9 amide bonds. The summed E-state index contributed by atoms with van der Waals surface area (Å²) in [6.07, 6.45) is 5.57. The Hall–Kier alpha value is -14.4. The number of imide groups is 1. The number of nitrogens with one attached hydrogen (secondary N) is 16. The van der Waals surface area contributed by atoms with Gasteiger partial charge in [0.05, 0.1) is 55.6 Å². The summed E-state index contributed by atoms with van der Waals surface area (Å²) in [4.78, 5) is 113. The molecule has 0 radical (unpaired) electrons. The number of amides is 9. The van der Waals surface area contributed by atoms with Gasteiger partial charge in [0, 0.05) is 113 Å². The molecule has 1 fully saturated rings. The largest absolute Gasteiger partial charge is 0.418 e. The predicted octanol–water partition coefficient (Wildman–Crippen LogP) is 12.4. The van der Waals surface area contributed by atoms with Crippen LogP contribution in [0.5, 0.6) is 5.75 Å². The molecule has 12 aromatic rings. The van der Waals surface area contributed by atoms with Crippen molar-refractivity contribution in [1.82, 2.24) is 86.1 Å². The standard InChI is InChI=1S/C20H16N4O3.C14H13N5O.C13H15N3O2.C11H17N3O.C9H14ClN3O.C9H15N3O3.C7H12N4O3S/c25-15-11-12-16(26)24(15)18-17(13-7-3-1-4-8-13)22-23-19(18)21-20(27)14-9-5-2-6-10-14;1-9-4-2-3-5-10(9)11-6-13(19-18-11)17-14(20)12-7-15-8-16-12;1-2-6-10-9-12(16-15-10)14-13(17)18-11-7-4-3-5-8-11;1-7(2)10(15)12-9-6-8(13-14-9)11(3,4)5;1-5(14)11-8-6(10)7(12-13-8)9(2,3)4;1-7-5-8(12-11-7)10-9(13)6-15-4-3-14-2;1-5-3-6(11-10-5)9-7(12)4-8-15(2,13)14/h1-10H,11-12H2,(H2,21,22,23,27);2-8H,1H3,(H,15,16)(H2,17,18,19,20);3-5,7-9H,2,6H2,1H3,(H2,14,15,16,17);6H,1H2,2-5H3,(H2,12,13,14,15);1-4H3,(H2,11,12,13,14);5H,3-4,6H2,1-2H3,(H2,10,11,12,13);3,8H,4H2,1-2H3,(H2,9,10,11,12). The molecule has 656 valence electrons. The number of para-hydroxylation sites is 1. The molecule has 41 heteroatoms. The van der Waals surface area contributed by atoms with Gasteiger partial charge in [0.1, 0.15) is 28.8 Å². The van der Waals surface area contributed by atoms with Crippen LogP contribution in [-0.2, 0) is 65.5 Å². The molecular formula is C83H102ClN25O14S. The minimum Gasteiger partial charge on any atom is -0.410 e. The van der Waals surface area contributed by atoms with Crippen molar-refractivity contribution in [3.8, 4) is 28.3 Å². The van der Waals surface area contributed by atoms with Crippen LogP contribution in [-0.4, -0.2) is 183 Å². The van der Waals surface area contributed by atoms with Gasteiger partial charge in [-0.1, -0.05) is 164 Å². The summed E-state index contributed by atoms with van der Waals surface area (Å²) in [5, 5.41) is 66.2. The van der Waals surface area contributed by atoms with Gasteiger partial charge in [0.15, 0.2) is 40.7 Å². The highest BCUT2D eigenvalue weighted by Gasteiger charge is 2.36. The number of halogens is 1. The quantitative estimate of drug-likeness (QED) is 0.0152. The van der Waals surface area contributed by atoms with Gasteiger partial charge >= 0.3 is 6.09 Å². The number of aromatic nitrogens is 16. The normalized spacial score (nSPS) is 11.4. The van der Waals surface area contributed by atoms with Gasteiger partial charge in [-0.05, 0) is 63.9 Å². The fraction of sp³-hybridized carbons (Fsp3) is 0.289. The number of anilines is 8. The molecule has 13 rings (SSSR count). The first-order valence-electron chi connectivity index (χ1n) is 38.4. The van der Waals surface area contributed by atoms with E-state index in [1.807, 2.05) is 107 Å². The van der Waals surface area contributed by atoms with E-state index < -0.39 is 22.0 Å². The summed E-state index contributed by atoms with van der Waals surface area (Å²) < 4.78 is 38.3. The van der Waals surface area contributed by atoms with Crippen molar-refractivity contribution in [2.75, 3.05) is 81.8 Å².